The summed E-state index contributed by atoms with van der Waals surface area (Å²) >= 11 is 6.27. The minimum atomic E-state index is -0.633. The third-order valence-corrected chi connectivity index (χ3v) is 6.51. The van der Waals surface area contributed by atoms with Crippen molar-refractivity contribution in [3.8, 4) is 11.5 Å². The van der Waals surface area contributed by atoms with Gasteiger partial charge in [0, 0.05) is 16.9 Å². The molecule has 4 aromatic rings. The number of imide groups is 1. The second kappa shape index (κ2) is 11.2. The molecule has 2 N–H and O–H groups in total. The van der Waals surface area contributed by atoms with Gasteiger partial charge in [-0.15, -0.1) is 0 Å². The lowest BCUT2D eigenvalue weighted by atomic mass is 10.1. The van der Waals surface area contributed by atoms with Gasteiger partial charge < -0.3 is 15.4 Å². The van der Waals surface area contributed by atoms with E-state index < -0.39 is 11.8 Å². The number of anilines is 3. The van der Waals surface area contributed by atoms with Crippen molar-refractivity contribution < 1.29 is 19.1 Å². The Labute approximate surface area is 230 Å². The average Bonchev–Trinajstić information content (AvgIpc) is 3.17. The summed E-state index contributed by atoms with van der Waals surface area (Å²) in [5.41, 5.74) is 3.07. The van der Waals surface area contributed by atoms with E-state index in [1.165, 1.54) is 0 Å². The number of ether oxygens (including phenoxy) is 1. The standard InChI is InChI=1S/C31H24ClN3O4/c1-2-20-8-6-7-11-26(20)34-29(36)21-12-14-22(15-13-21)33-28-27(32)30(37)35(31(28)38)23-16-18-25(19-17-23)39-24-9-4-3-5-10-24/h3-19,33H,2H2,1H3,(H,34,36). The van der Waals surface area contributed by atoms with Gasteiger partial charge in [0.1, 0.15) is 22.2 Å². The number of para-hydroxylation sites is 2. The van der Waals surface area contributed by atoms with E-state index in [-0.39, 0.29) is 16.6 Å². The number of carbonyl (C=O) groups is 3. The Hall–Kier alpha value is -4.88. The monoisotopic (exact) mass is 537 g/mol. The number of carbonyl (C=O) groups excluding carboxylic acids is 3. The molecule has 194 valence electrons. The van der Waals surface area contributed by atoms with Crippen molar-refractivity contribution >= 4 is 46.4 Å². The number of rotatable bonds is 8. The summed E-state index contributed by atoms with van der Waals surface area (Å²) in [6.07, 6.45) is 0.796. The zero-order valence-corrected chi connectivity index (χ0v) is 21.7. The number of benzene rings is 4. The van der Waals surface area contributed by atoms with Crippen LogP contribution in [-0.2, 0) is 16.0 Å². The highest BCUT2D eigenvalue weighted by atomic mass is 35.5. The molecule has 0 aliphatic carbocycles. The molecule has 1 aliphatic heterocycles. The van der Waals surface area contributed by atoms with Crippen LogP contribution in [0, 0.1) is 0 Å². The second-order valence-corrected chi connectivity index (χ2v) is 9.09. The molecule has 0 saturated heterocycles. The SMILES string of the molecule is CCc1ccccc1NC(=O)c1ccc(NC2=C(Cl)C(=O)N(c3ccc(Oc4ccccc4)cc3)C2=O)cc1. The minimum absolute atomic E-state index is 0.0413. The zero-order valence-electron chi connectivity index (χ0n) is 21.0. The van der Waals surface area contributed by atoms with Crippen LogP contribution >= 0.6 is 11.6 Å². The molecule has 1 aliphatic rings. The molecule has 0 unspecified atom stereocenters. The van der Waals surface area contributed by atoms with Gasteiger partial charge in [-0.25, -0.2) is 4.90 Å². The van der Waals surface area contributed by atoms with Crippen LogP contribution in [0.1, 0.15) is 22.8 Å². The fourth-order valence-corrected chi connectivity index (χ4v) is 4.34. The molecule has 0 saturated carbocycles. The maximum Gasteiger partial charge on any atom is 0.283 e. The molecule has 1 heterocycles. The first-order valence-electron chi connectivity index (χ1n) is 12.3. The van der Waals surface area contributed by atoms with Crippen LogP contribution in [0.25, 0.3) is 0 Å². The summed E-state index contributed by atoms with van der Waals surface area (Å²) in [4.78, 5) is 39.7. The first-order valence-corrected chi connectivity index (χ1v) is 12.7. The fraction of sp³-hybridized carbons (Fsp3) is 0.0645. The fourth-order valence-electron chi connectivity index (χ4n) is 4.13. The molecule has 0 atom stereocenters. The topological polar surface area (TPSA) is 87.7 Å². The van der Waals surface area contributed by atoms with E-state index in [4.69, 9.17) is 16.3 Å². The Balaban J connectivity index is 1.26. The summed E-state index contributed by atoms with van der Waals surface area (Å²) in [5.74, 6) is -0.239. The van der Waals surface area contributed by atoms with Crippen molar-refractivity contribution in [3.05, 3.63) is 125 Å². The van der Waals surface area contributed by atoms with E-state index in [1.54, 1.807) is 48.5 Å². The lowest BCUT2D eigenvalue weighted by Crippen LogP contribution is -2.32. The van der Waals surface area contributed by atoms with Crippen LogP contribution in [0.2, 0.25) is 0 Å². The molecule has 7 nitrogen and oxygen atoms in total. The van der Waals surface area contributed by atoms with Crippen LogP contribution in [0.15, 0.2) is 114 Å². The Kier molecular flexibility index (Phi) is 7.43. The molecule has 0 fully saturated rings. The van der Waals surface area contributed by atoms with Gasteiger partial charge in [-0.3, -0.25) is 14.4 Å². The molecule has 8 heteroatoms. The predicted molar refractivity (Wildman–Crippen MR) is 152 cm³/mol. The molecule has 5 rings (SSSR count). The van der Waals surface area contributed by atoms with Gasteiger partial charge >= 0.3 is 0 Å². The number of nitrogens with zero attached hydrogens (tertiary/aromatic N) is 1. The third kappa shape index (κ3) is 5.54. The Morgan fingerprint density at radius 2 is 1.44 bits per heavy atom. The quantitative estimate of drug-likeness (QED) is 0.243. The first-order chi connectivity index (χ1) is 18.9. The lowest BCUT2D eigenvalue weighted by Gasteiger charge is -2.16. The van der Waals surface area contributed by atoms with Crippen LogP contribution < -0.4 is 20.3 Å². The lowest BCUT2D eigenvalue weighted by molar-refractivity contribution is -0.120. The molecule has 4 aromatic carbocycles. The van der Waals surface area contributed by atoms with Crippen LogP contribution in [0.4, 0.5) is 17.1 Å². The Bertz CT molecular complexity index is 1570. The molecular weight excluding hydrogens is 514 g/mol. The molecule has 0 spiro atoms. The molecule has 0 aromatic heterocycles. The number of hydrogen-bond acceptors (Lipinski definition) is 5. The number of amides is 3. The predicted octanol–water partition coefficient (Wildman–Crippen LogP) is 6.73. The van der Waals surface area contributed by atoms with Crippen molar-refractivity contribution in [3.63, 3.8) is 0 Å². The van der Waals surface area contributed by atoms with E-state index in [0.717, 1.165) is 22.6 Å². The Morgan fingerprint density at radius 1 is 0.795 bits per heavy atom. The van der Waals surface area contributed by atoms with E-state index in [1.807, 2.05) is 61.5 Å². The zero-order chi connectivity index (χ0) is 27.4. The van der Waals surface area contributed by atoms with Crippen molar-refractivity contribution in [2.24, 2.45) is 0 Å². The first kappa shape index (κ1) is 25.8. The number of halogens is 1. The van der Waals surface area contributed by atoms with Crippen molar-refractivity contribution in [2.45, 2.75) is 13.3 Å². The van der Waals surface area contributed by atoms with E-state index in [0.29, 0.717) is 28.4 Å². The summed E-state index contributed by atoms with van der Waals surface area (Å²) in [6.45, 7) is 2.02. The van der Waals surface area contributed by atoms with Crippen LogP contribution in [0.5, 0.6) is 11.5 Å². The van der Waals surface area contributed by atoms with Crippen molar-refractivity contribution in [2.75, 3.05) is 15.5 Å². The molecule has 39 heavy (non-hydrogen) atoms. The van der Waals surface area contributed by atoms with Crippen molar-refractivity contribution in [1.29, 1.82) is 0 Å². The second-order valence-electron chi connectivity index (χ2n) is 8.71. The van der Waals surface area contributed by atoms with Gasteiger partial charge in [-0.1, -0.05) is 54.9 Å². The third-order valence-electron chi connectivity index (χ3n) is 6.16. The van der Waals surface area contributed by atoms with Gasteiger partial charge in [-0.05, 0) is 78.7 Å². The van der Waals surface area contributed by atoms with Gasteiger partial charge in [0.2, 0.25) is 0 Å². The summed E-state index contributed by atoms with van der Waals surface area (Å²) < 4.78 is 5.78. The molecule has 0 bridgehead atoms. The highest BCUT2D eigenvalue weighted by Crippen LogP contribution is 2.32. The van der Waals surface area contributed by atoms with Crippen LogP contribution in [0.3, 0.4) is 0 Å². The van der Waals surface area contributed by atoms with E-state index in [2.05, 4.69) is 10.6 Å². The van der Waals surface area contributed by atoms with Gasteiger partial charge in [0.15, 0.2) is 0 Å². The average molecular weight is 538 g/mol. The smallest absolute Gasteiger partial charge is 0.283 e. The van der Waals surface area contributed by atoms with E-state index in [9.17, 15) is 14.4 Å². The van der Waals surface area contributed by atoms with Gasteiger partial charge in [-0.2, -0.15) is 0 Å². The molecule has 0 radical (unpaired) electrons. The molecular formula is C31H24ClN3O4. The number of hydrogen-bond donors (Lipinski definition) is 2. The van der Waals surface area contributed by atoms with Crippen LogP contribution in [-0.4, -0.2) is 17.7 Å². The summed E-state index contributed by atoms with van der Waals surface area (Å²) in [5, 5.41) is 5.64. The maximum absolute atomic E-state index is 13.2. The normalized spacial score (nSPS) is 13.0. The Morgan fingerprint density at radius 3 is 2.13 bits per heavy atom. The minimum Gasteiger partial charge on any atom is -0.457 e. The highest BCUT2D eigenvalue weighted by molar-refractivity contribution is 6.53. The molecule has 3 amide bonds. The van der Waals surface area contributed by atoms with Gasteiger partial charge in [0.25, 0.3) is 17.7 Å². The largest absolute Gasteiger partial charge is 0.457 e. The maximum atomic E-state index is 13.2. The van der Waals surface area contributed by atoms with Crippen molar-refractivity contribution in [1.82, 2.24) is 0 Å². The number of nitrogens with one attached hydrogen (secondary N) is 2. The summed E-state index contributed by atoms with van der Waals surface area (Å²) in [6, 6.07) is 30.0. The number of aryl methyl sites for hydroxylation is 1. The van der Waals surface area contributed by atoms with Gasteiger partial charge in [0.05, 0.1) is 5.69 Å². The highest BCUT2D eigenvalue weighted by Gasteiger charge is 2.39. The van der Waals surface area contributed by atoms with E-state index >= 15 is 0 Å². The summed E-state index contributed by atoms with van der Waals surface area (Å²) in [7, 11) is 0.